The Labute approximate surface area is 87.7 Å². The summed E-state index contributed by atoms with van der Waals surface area (Å²) in [6, 6.07) is 0. The normalized spacial score (nSPS) is 13.3. The Bertz CT molecular complexity index is 126. The highest BCUT2D eigenvalue weighted by Gasteiger charge is 2.30. The van der Waals surface area contributed by atoms with Crippen molar-refractivity contribution in [1.29, 1.82) is 0 Å². The molecule has 0 aliphatic carbocycles. The van der Waals surface area contributed by atoms with E-state index in [1.807, 2.05) is 48.5 Å². The minimum Gasteiger partial charge on any atom is -0.325 e. The van der Waals surface area contributed by atoms with Gasteiger partial charge in [-0.05, 0) is 41.5 Å². The summed E-state index contributed by atoms with van der Waals surface area (Å²) in [5, 5.41) is 0. The van der Waals surface area contributed by atoms with Gasteiger partial charge in [-0.15, -0.1) is 0 Å². The summed E-state index contributed by atoms with van der Waals surface area (Å²) in [5.41, 5.74) is 0. The van der Waals surface area contributed by atoms with Crippen molar-refractivity contribution in [3.63, 3.8) is 0 Å². The van der Waals surface area contributed by atoms with Crippen LogP contribution in [0.15, 0.2) is 0 Å². The Morgan fingerprint density at radius 3 is 1.00 bits per heavy atom. The highest BCUT2D eigenvalue weighted by Crippen LogP contribution is 2.21. The van der Waals surface area contributed by atoms with Gasteiger partial charge in [0.25, 0.3) is 5.97 Å². The van der Waals surface area contributed by atoms with Gasteiger partial charge >= 0.3 is 0 Å². The molecule has 14 heavy (non-hydrogen) atoms. The molecular formula is C11H24O3. The van der Waals surface area contributed by atoms with Crippen molar-refractivity contribution in [2.24, 2.45) is 0 Å². The van der Waals surface area contributed by atoms with Crippen molar-refractivity contribution in [3.05, 3.63) is 0 Å². The maximum atomic E-state index is 5.62. The van der Waals surface area contributed by atoms with Crippen molar-refractivity contribution in [1.82, 2.24) is 0 Å². The van der Waals surface area contributed by atoms with E-state index in [-0.39, 0.29) is 18.3 Å². The Morgan fingerprint density at radius 2 is 0.857 bits per heavy atom. The molecule has 0 aromatic carbocycles. The van der Waals surface area contributed by atoms with Gasteiger partial charge < -0.3 is 14.2 Å². The van der Waals surface area contributed by atoms with Gasteiger partial charge in [-0.25, -0.2) is 0 Å². The maximum Gasteiger partial charge on any atom is 0.280 e. The highest BCUT2D eigenvalue weighted by molar-refractivity contribution is 4.55. The second-order valence-corrected chi connectivity index (χ2v) is 4.36. The predicted molar refractivity (Wildman–Crippen MR) is 57.1 cm³/mol. The summed E-state index contributed by atoms with van der Waals surface area (Å²) in [6.45, 7) is 13.6. The lowest BCUT2D eigenvalue weighted by Crippen LogP contribution is -2.41. The number of rotatable bonds is 6. The van der Waals surface area contributed by atoms with E-state index in [0.29, 0.717) is 0 Å². The topological polar surface area (TPSA) is 27.7 Å². The van der Waals surface area contributed by atoms with Crippen LogP contribution in [0.2, 0.25) is 0 Å². The van der Waals surface area contributed by atoms with Crippen molar-refractivity contribution in [3.8, 4) is 0 Å². The molecule has 0 amide bonds. The zero-order valence-corrected chi connectivity index (χ0v) is 10.5. The first-order chi connectivity index (χ1) is 6.25. The van der Waals surface area contributed by atoms with Gasteiger partial charge in [0.2, 0.25) is 0 Å². The molecule has 0 aliphatic rings. The van der Waals surface area contributed by atoms with Gasteiger partial charge in [0, 0.05) is 6.92 Å². The molecule has 3 nitrogen and oxygen atoms in total. The van der Waals surface area contributed by atoms with E-state index >= 15 is 0 Å². The third-order valence-electron chi connectivity index (χ3n) is 1.35. The molecule has 0 saturated carbocycles. The second-order valence-electron chi connectivity index (χ2n) is 4.36. The largest absolute Gasteiger partial charge is 0.325 e. The van der Waals surface area contributed by atoms with E-state index < -0.39 is 5.97 Å². The summed E-state index contributed by atoms with van der Waals surface area (Å²) >= 11 is 0. The Balaban J connectivity index is 4.32. The average Bonchev–Trinajstić information content (AvgIpc) is 1.76. The third kappa shape index (κ3) is 6.35. The summed E-state index contributed by atoms with van der Waals surface area (Å²) in [5.74, 6) is -0.934. The molecule has 0 aliphatic heterocycles. The fraction of sp³-hybridized carbons (Fsp3) is 1.00. The lowest BCUT2D eigenvalue weighted by atomic mass is 10.4. The summed E-state index contributed by atoms with van der Waals surface area (Å²) in [6.07, 6.45) is 0.243. The molecule has 0 N–H and O–H groups in total. The fourth-order valence-corrected chi connectivity index (χ4v) is 1.37. The molecule has 0 aromatic rings. The van der Waals surface area contributed by atoms with E-state index in [1.54, 1.807) is 0 Å². The first-order valence-corrected chi connectivity index (χ1v) is 5.28. The molecular weight excluding hydrogens is 180 g/mol. The van der Waals surface area contributed by atoms with Crippen LogP contribution in [-0.4, -0.2) is 24.3 Å². The van der Waals surface area contributed by atoms with E-state index in [0.717, 1.165) is 0 Å². The molecule has 0 radical (unpaired) electrons. The summed E-state index contributed by atoms with van der Waals surface area (Å²) in [7, 11) is 0. The van der Waals surface area contributed by atoms with Crippen LogP contribution in [0.25, 0.3) is 0 Å². The Morgan fingerprint density at radius 1 is 0.643 bits per heavy atom. The molecule has 0 unspecified atom stereocenters. The zero-order chi connectivity index (χ0) is 11.4. The predicted octanol–water partition coefficient (Wildman–Crippen LogP) is 2.94. The van der Waals surface area contributed by atoms with Gasteiger partial charge in [-0.1, -0.05) is 0 Å². The average molecular weight is 204 g/mol. The molecule has 0 fully saturated rings. The number of ether oxygens (including phenoxy) is 3. The molecule has 0 heterocycles. The van der Waals surface area contributed by atoms with Crippen molar-refractivity contribution in [2.75, 3.05) is 0 Å². The van der Waals surface area contributed by atoms with Crippen LogP contribution in [0.4, 0.5) is 0 Å². The van der Waals surface area contributed by atoms with Crippen molar-refractivity contribution >= 4 is 0 Å². The molecule has 0 atom stereocenters. The molecule has 0 saturated heterocycles. The van der Waals surface area contributed by atoms with Crippen LogP contribution in [0.3, 0.4) is 0 Å². The lowest BCUT2D eigenvalue weighted by molar-refractivity contribution is -0.399. The van der Waals surface area contributed by atoms with Gasteiger partial charge in [0.05, 0.1) is 18.3 Å². The van der Waals surface area contributed by atoms with Gasteiger partial charge in [-0.3, -0.25) is 0 Å². The number of hydrogen-bond donors (Lipinski definition) is 0. The second kappa shape index (κ2) is 5.69. The standard InChI is InChI=1S/C11H24O3/c1-8(2)12-11(7,13-9(3)4)14-10(5)6/h8-10H,1-7H3. The number of hydrogen-bond acceptors (Lipinski definition) is 3. The maximum absolute atomic E-state index is 5.62. The van der Waals surface area contributed by atoms with E-state index in [4.69, 9.17) is 14.2 Å². The van der Waals surface area contributed by atoms with Gasteiger partial charge in [-0.2, -0.15) is 0 Å². The Kier molecular flexibility index (Phi) is 5.64. The van der Waals surface area contributed by atoms with Crippen LogP contribution in [0, 0.1) is 0 Å². The van der Waals surface area contributed by atoms with Crippen molar-refractivity contribution < 1.29 is 14.2 Å². The van der Waals surface area contributed by atoms with Gasteiger partial charge in [0.1, 0.15) is 0 Å². The molecule has 0 aromatic heterocycles. The molecule has 86 valence electrons. The van der Waals surface area contributed by atoms with E-state index in [1.165, 1.54) is 0 Å². The third-order valence-corrected chi connectivity index (χ3v) is 1.35. The first kappa shape index (κ1) is 13.9. The monoisotopic (exact) mass is 204 g/mol. The van der Waals surface area contributed by atoms with E-state index in [2.05, 4.69) is 0 Å². The quantitative estimate of drug-likeness (QED) is 0.623. The van der Waals surface area contributed by atoms with E-state index in [9.17, 15) is 0 Å². The first-order valence-electron chi connectivity index (χ1n) is 5.28. The lowest BCUT2D eigenvalue weighted by Gasteiger charge is -2.34. The van der Waals surface area contributed by atoms with Crippen LogP contribution < -0.4 is 0 Å². The molecule has 0 bridgehead atoms. The minimum absolute atomic E-state index is 0.0810. The fourth-order valence-electron chi connectivity index (χ4n) is 1.37. The summed E-state index contributed by atoms with van der Waals surface area (Å²) in [4.78, 5) is 0. The Hall–Kier alpha value is -0.120. The minimum atomic E-state index is -0.934. The van der Waals surface area contributed by atoms with Crippen LogP contribution in [-0.2, 0) is 14.2 Å². The van der Waals surface area contributed by atoms with Crippen LogP contribution >= 0.6 is 0 Å². The molecule has 0 spiro atoms. The summed E-state index contributed by atoms with van der Waals surface area (Å²) < 4.78 is 16.8. The van der Waals surface area contributed by atoms with Crippen LogP contribution in [0.1, 0.15) is 48.5 Å². The molecule has 0 rings (SSSR count). The smallest absolute Gasteiger partial charge is 0.280 e. The highest BCUT2D eigenvalue weighted by atomic mass is 16.9. The van der Waals surface area contributed by atoms with Crippen LogP contribution in [0.5, 0.6) is 0 Å². The zero-order valence-electron chi connectivity index (χ0n) is 10.5. The SMILES string of the molecule is CC(C)OC(C)(OC(C)C)OC(C)C. The van der Waals surface area contributed by atoms with Gasteiger partial charge in [0.15, 0.2) is 0 Å². The van der Waals surface area contributed by atoms with Crippen molar-refractivity contribution in [2.45, 2.75) is 72.8 Å². The molecule has 3 heteroatoms.